The van der Waals surface area contributed by atoms with Crippen molar-refractivity contribution < 1.29 is 27.5 Å². The number of carbonyl (C=O) groups excluding carboxylic acids is 2. The number of alkyl halides is 3. The van der Waals surface area contributed by atoms with E-state index in [0.717, 1.165) is 11.1 Å². The van der Waals surface area contributed by atoms with Gasteiger partial charge in [0.15, 0.2) is 6.23 Å². The number of carbonyl (C=O) groups is 2. The van der Waals surface area contributed by atoms with Gasteiger partial charge >= 0.3 is 12.1 Å². The smallest absolute Gasteiger partial charge is 0.438 e. The fourth-order valence-corrected chi connectivity index (χ4v) is 3.10. The van der Waals surface area contributed by atoms with E-state index in [1.165, 1.54) is 4.90 Å². The van der Waals surface area contributed by atoms with E-state index in [9.17, 15) is 22.8 Å². The summed E-state index contributed by atoms with van der Waals surface area (Å²) in [7, 11) is 0. The fourth-order valence-electron chi connectivity index (χ4n) is 3.10. The van der Waals surface area contributed by atoms with Crippen LogP contribution in [0, 0.1) is 6.92 Å². The van der Waals surface area contributed by atoms with Crippen LogP contribution >= 0.6 is 0 Å². The van der Waals surface area contributed by atoms with Gasteiger partial charge in [-0.05, 0) is 30.5 Å². The number of fused-ring (bicyclic) bond motifs is 2. The van der Waals surface area contributed by atoms with Gasteiger partial charge in [0.1, 0.15) is 0 Å². The van der Waals surface area contributed by atoms with Crippen molar-refractivity contribution in [2.24, 2.45) is 0 Å². The predicted octanol–water partition coefficient (Wildman–Crippen LogP) is 1.40. The quantitative estimate of drug-likeness (QED) is 0.792. The van der Waals surface area contributed by atoms with Gasteiger partial charge in [0.05, 0.1) is 6.04 Å². The summed E-state index contributed by atoms with van der Waals surface area (Å²) in [6.45, 7) is 2.46. The highest BCUT2D eigenvalue weighted by atomic mass is 19.4. The van der Waals surface area contributed by atoms with Crippen LogP contribution in [0.3, 0.4) is 0 Å². The van der Waals surface area contributed by atoms with Crippen LogP contribution in [0.5, 0.6) is 0 Å². The number of rotatable bonds is 1. The predicted molar refractivity (Wildman–Crippen MR) is 73.6 cm³/mol. The van der Waals surface area contributed by atoms with Gasteiger partial charge in [-0.3, -0.25) is 10.1 Å². The zero-order chi connectivity index (χ0) is 16.8. The molecule has 1 N–H and O–H groups in total. The Hall–Kier alpha value is -2.09. The molecule has 5 nitrogen and oxygen atoms in total. The van der Waals surface area contributed by atoms with E-state index in [0.29, 0.717) is 18.5 Å². The van der Waals surface area contributed by atoms with Crippen molar-refractivity contribution in [1.29, 1.82) is 0 Å². The standard InChI is InChI=1S/C15H15F3N2O3/c1-8-3-2-4-9-10(8)7-11-12(23-14(22)15(16,17)18)19-5-6-20(11)13(9)21/h2-4,11-12,19H,5-7H2,1H3/t11-,12?/m1/s1. The van der Waals surface area contributed by atoms with Gasteiger partial charge in [0, 0.05) is 18.7 Å². The first-order valence-corrected chi connectivity index (χ1v) is 7.19. The highest BCUT2D eigenvalue weighted by Crippen LogP contribution is 2.30. The van der Waals surface area contributed by atoms with Crippen molar-refractivity contribution in [3.8, 4) is 0 Å². The molecule has 0 aliphatic carbocycles. The third-order valence-electron chi connectivity index (χ3n) is 4.23. The summed E-state index contributed by atoms with van der Waals surface area (Å²) in [5.74, 6) is -2.49. The average Bonchev–Trinajstić information content (AvgIpc) is 2.48. The van der Waals surface area contributed by atoms with E-state index < -0.39 is 24.4 Å². The molecule has 1 aromatic carbocycles. The average molecular weight is 328 g/mol. The largest absolute Gasteiger partial charge is 0.490 e. The van der Waals surface area contributed by atoms with E-state index in [4.69, 9.17) is 0 Å². The Balaban J connectivity index is 1.89. The number of nitrogens with one attached hydrogen (secondary N) is 1. The van der Waals surface area contributed by atoms with Crippen molar-refractivity contribution >= 4 is 11.9 Å². The summed E-state index contributed by atoms with van der Waals surface area (Å²) in [6, 6.07) is 4.68. The summed E-state index contributed by atoms with van der Waals surface area (Å²) >= 11 is 0. The van der Waals surface area contributed by atoms with Crippen LogP contribution in [0.4, 0.5) is 13.2 Å². The van der Waals surface area contributed by atoms with Crippen molar-refractivity contribution in [3.05, 3.63) is 34.9 Å². The molecule has 0 aromatic heterocycles. The number of piperazine rings is 1. The minimum absolute atomic E-state index is 0.241. The van der Waals surface area contributed by atoms with Crippen LogP contribution in [0.25, 0.3) is 0 Å². The number of nitrogens with zero attached hydrogens (tertiary/aromatic N) is 1. The number of hydrogen-bond donors (Lipinski definition) is 1. The van der Waals surface area contributed by atoms with E-state index in [1.807, 2.05) is 13.0 Å². The lowest BCUT2D eigenvalue weighted by atomic mass is 9.88. The maximum absolute atomic E-state index is 12.6. The second-order valence-electron chi connectivity index (χ2n) is 5.65. The monoisotopic (exact) mass is 328 g/mol. The van der Waals surface area contributed by atoms with Gasteiger partial charge in [-0.15, -0.1) is 0 Å². The van der Waals surface area contributed by atoms with Crippen LogP contribution in [-0.4, -0.2) is 48.3 Å². The van der Waals surface area contributed by atoms with Crippen molar-refractivity contribution in [2.75, 3.05) is 13.1 Å². The van der Waals surface area contributed by atoms with E-state index in [2.05, 4.69) is 10.1 Å². The molecule has 23 heavy (non-hydrogen) atoms. The molecule has 1 amide bonds. The number of benzene rings is 1. The van der Waals surface area contributed by atoms with Crippen LogP contribution in [0.1, 0.15) is 21.5 Å². The van der Waals surface area contributed by atoms with Crippen LogP contribution in [0.15, 0.2) is 18.2 Å². The van der Waals surface area contributed by atoms with E-state index in [-0.39, 0.29) is 12.5 Å². The zero-order valence-corrected chi connectivity index (χ0v) is 12.3. The Kier molecular flexibility index (Phi) is 3.79. The topological polar surface area (TPSA) is 58.6 Å². The van der Waals surface area contributed by atoms with Gasteiger partial charge in [-0.2, -0.15) is 13.2 Å². The highest BCUT2D eigenvalue weighted by molar-refractivity contribution is 5.97. The summed E-state index contributed by atoms with van der Waals surface area (Å²) in [5, 5.41) is 2.76. The van der Waals surface area contributed by atoms with E-state index in [1.54, 1.807) is 12.1 Å². The van der Waals surface area contributed by atoms with Gasteiger partial charge in [0.25, 0.3) is 5.91 Å². The number of ether oxygens (including phenoxy) is 1. The minimum atomic E-state index is -5.06. The molecule has 0 radical (unpaired) electrons. The molecule has 2 aliphatic heterocycles. The number of amides is 1. The highest BCUT2D eigenvalue weighted by Gasteiger charge is 2.47. The summed E-state index contributed by atoms with van der Waals surface area (Å²) in [4.78, 5) is 25.2. The lowest BCUT2D eigenvalue weighted by molar-refractivity contribution is -0.210. The molecule has 1 fully saturated rings. The van der Waals surface area contributed by atoms with E-state index >= 15 is 0 Å². The van der Waals surface area contributed by atoms with Gasteiger partial charge in [-0.25, -0.2) is 4.79 Å². The third kappa shape index (κ3) is 2.78. The second-order valence-corrected chi connectivity index (χ2v) is 5.65. The SMILES string of the molecule is Cc1cccc2c1C[C@@H]1C(OC(=O)C(F)(F)F)NCCN1C2=O. The Labute approximate surface area is 130 Å². The number of hydrogen-bond acceptors (Lipinski definition) is 4. The molecule has 1 unspecified atom stereocenters. The summed E-state index contributed by atoms with van der Waals surface area (Å²) < 4.78 is 41.8. The van der Waals surface area contributed by atoms with Gasteiger partial charge in [0.2, 0.25) is 0 Å². The second kappa shape index (κ2) is 5.52. The summed E-state index contributed by atoms with van der Waals surface area (Å²) in [6.07, 6.45) is -5.89. The van der Waals surface area contributed by atoms with Gasteiger partial charge in [-0.1, -0.05) is 12.1 Å². The van der Waals surface area contributed by atoms with Crippen LogP contribution in [0.2, 0.25) is 0 Å². The number of esters is 1. The first-order chi connectivity index (χ1) is 10.8. The Morgan fingerprint density at radius 2 is 2.13 bits per heavy atom. The molecule has 2 aliphatic rings. The molecule has 1 saturated heterocycles. The number of halogens is 3. The first-order valence-electron chi connectivity index (χ1n) is 7.19. The molecular weight excluding hydrogens is 313 g/mol. The molecule has 0 saturated carbocycles. The van der Waals surface area contributed by atoms with Crippen molar-refractivity contribution in [3.63, 3.8) is 0 Å². The lowest BCUT2D eigenvalue weighted by Crippen LogP contribution is -2.63. The Morgan fingerprint density at radius 3 is 2.83 bits per heavy atom. The third-order valence-corrected chi connectivity index (χ3v) is 4.23. The van der Waals surface area contributed by atoms with Gasteiger partial charge < -0.3 is 9.64 Å². The molecule has 124 valence electrons. The molecule has 1 aromatic rings. The molecule has 3 rings (SSSR count). The molecule has 0 spiro atoms. The Morgan fingerprint density at radius 1 is 1.39 bits per heavy atom. The lowest BCUT2D eigenvalue weighted by Gasteiger charge is -2.44. The number of aryl methyl sites for hydroxylation is 1. The maximum Gasteiger partial charge on any atom is 0.490 e. The minimum Gasteiger partial charge on any atom is -0.438 e. The molecule has 2 atom stereocenters. The molecule has 0 bridgehead atoms. The maximum atomic E-state index is 12.6. The molecule has 8 heteroatoms. The fraction of sp³-hybridized carbons (Fsp3) is 0.467. The molecular formula is C15H15F3N2O3. The van der Waals surface area contributed by atoms with Crippen LogP contribution in [-0.2, 0) is 16.0 Å². The van der Waals surface area contributed by atoms with Crippen molar-refractivity contribution in [2.45, 2.75) is 31.8 Å². The summed E-state index contributed by atoms with van der Waals surface area (Å²) in [5.41, 5.74) is 2.24. The first kappa shape index (κ1) is 15.8. The van der Waals surface area contributed by atoms with Crippen molar-refractivity contribution in [1.82, 2.24) is 10.2 Å². The van der Waals surface area contributed by atoms with Crippen LogP contribution < -0.4 is 5.32 Å². The zero-order valence-electron chi connectivity index (χ0n) is 12.3. The Bertz CT molecular complexity index is 660. The molecule has 2 heterocycles. The normalized spacial score (nSPS) is 24.0.